The first-order valence-electron chi connectivity index (χ1n) is 26.7. The number of hydrogen-bond donors (Lipinski definition) is 0. The molecule has 0 atom stereocenters. The van der Waals surface area contributed by atoms with Crippen LogP contribution in [0.3, 0.4) is 0 Å². The number of para-hydroxylation sites is 5. The van der Waals surface area contributed by atoms with Gasteiger partial charge in [0.15, 0.2) is 0 Å². The second kappa shape index (κ2) is 16.8. The highest BCUT2D eigenvalue weighted by Crippen LogP contribution is 2.65. The summed E-state index contributed by atoms with van der Waals surface area (Å²) in [7, 11) is 0. The summed E-state index contributed by atoms with van der Waals surface area (Å²) in [5.41, 5.74) is 24.5. The van der Waals surface area contributed by atoms with Crippen molar-refractivity contribution < 1.29 is 4.42 Å². The highest BCUT2D eigenvalue weighted by molar-refractivity contribution is 6.10. The molecule has 13 aromatic rings. The first kappa shape index (κ1) is 43.4. The van der Waals surface area contributed by atoms with E-state index in [4.69, 9.17) is 4.42 Å². The van der Waals surface area contributed by atoms with Crippen molar-refractivity contribution in [3.8, 4) is 33.4 Å². The van der Waals surface area contributed by atoms with Gasteiger partial charge in [-0.3, -0.25) is 0 Å². The fourth-order valence-corrected chi connectivity index (χ4v) is 13.9. The predicted molar refractivity (Wildman–Crippen MR) is 317 cm³/mol. The zero-order chi connectivity index (χ0) is 50.7. The molecule has 0 bridgehead atoms. The van der Waals surface area contributed by atoms with Gasteiger partial charge in [-0.15, -0.1) is 0 Å². The van der Waals surface area contributed by atoms with Crippen LogP contribution in [0.4, 0.5) is 34.1 Å². The van der Waals surface area contributed by atoms with E-state index in [1.54, 1.807) is 0 Å². The van der Waals surface area contributed by atoms with E-state index in [2.05, 4.69) is 295 Å². The lowest BCUT2D eigenvalue weighted by Gasteiger charge is -2.45. The summed E-state index contributed by atoms with van der Waals surface area (Å²) in [6.45, 7) is 0. The van der Waals surface area contributed by atoms with Crippen LogP contribution in [-0.2, 0) is 10.8 Å². The van der Waals surface area contributed by atoms with Crippen molar-refractivity contribution in [2.45, 2.75) is 10.8 Å². The fraction of sp³-hybridized carbons (Fsp3) is 0.0270. The quantitative estimate of drug-likeness (QED) is 0.159. The summed E-state index contributed by atoms with van der Waals surface area (Å²) in [6, 6.07) is 108. The zero-order valence-electron chi connectivity index (χ0n) is 42.0. The molecule has 0 unspecified atom stereocenters. The summed E-state index contributed by atoms with van der Waals surface area (Å²) in [5.74, 6) is 0. The van der Waals surface area contributed by atoms with Gasteiger partial charge in [-0.1, -0.05) is 231 Å². The van der Waals surface area contributed by atoms with Crippen LogP contribution in [0.2, 0.25) is 0 Å². The van der Waals surface area contributed by atoms with Gasteiger partial charge in [-0.05, 0) is 127 Å². The number of anilines is 6. The molecule has 0 N–H and O–H groups in total. The third-order valence-corrected chi connectivity index (χ3v) is 16.9. The van der Waals surface area contributed by atoms with Crippen molar-refractivity contribution in [3.05, 3.63) is 336 Å². The van der Waals surface area contributed by atoms with Crippen molar-refractivity contribution >= 4 is 56.1 Å². The lowest BCUT2D eigenvalue weighted by atomic mass is 9.64. The largest absolute Gasteiger partial charge is 0.455 e. The van der Waals surface area contributed by atoms with Crippen LogP contribution in [0.15, 0.2) is 296 Å². The van der Waals surface area contributed by atoms with Crippen molar-refractivity contribution in [3.63, 3.8) is 0 Å². The summed E-state index contributed by atoms with van der Waals surface area (Å²) in [4.78, 5) is 4.98. The number of furan rings is 1. The summed E-state index contributed by atoms with van der Waals surface area (Å²) >= 11 is 0. The number of hydrogen-bond acceptors (Lipinski definition) is 3. The maximum absolute atomic E-state index is 6.62. The lowest BCUT2D eigenvalue weighted by molar-refractivity contribution is 0.670. The molecular weight excluding hydrogens is 933 g/mol. The van der Waals surface area contributed by atoms with Gasteiger partial charge in [0.2, 0.25) is 0 Å². The first-order valence-corrected chi connectivity index (χ1v) is 26.7. The van der Waals surface area contributed by atoms with E-state index in [0.717, 1.165) is 55.8 Å². The van der Waals surface area contributed by atoms with E-state index in [1.165, 1.54) is 78.1 Å². The molecule has 3 aliphatic rings. The van der Waals surface area contributed by atoms with E-state index < -0.39 is 10.8 Å². The SMILES string of the molecule is c1ccc(N2c3ccccc3C3(c4ccccc4-c4ccc(N(c5ccc(-c6cccc7c6oc6ccccc67)cc5)c5cccc6c5-c5ccccc5C6(c5ccccc5)c5ccccc5)cc43)c3ccccc32)cc1. The number of benzene rings is 12. The number of rotatable bonds is 7. The average Bonchev–Trinajstić information content (AvgIpc) is 4.35. The van der Waals surface area contributed by atoms with Crippen molar-refractivity contribution in [2.75, 3.05) is 9.80 Å². The van der Waals surface area contributed by atoms with Crippen LogP contribution in [0.1, 0.15) is 44.5 Å². The summed E-state index contributed by atoms with van der Waals surface area (Å²) < 4.78 is 6.62. The Morgan fingerprint density at radius 3 is 1.53 bits per heavy atom. The lowest BCUT2D eigenvalue weighted by Crippen LogP contribution is -2.36. The van der Waals surface area contributed by atoms with Crippen molar-refractivity contribution in [1.82, 2.24) is 0 Å². The maximum Gasteiger partial charge on any atom is 0.143 e. The molecule has 0 saturated carbocycles. The van der Waals surface area contributed by atoms with Crippen LogP contribution in [-0.4, -0.2) is 0 Å². The highest BCUT2D eigenvalue weighted by atomic mass is 16.3. The monoisotopic (exact) mass is 980 g/mol. The number of nitrogens with zero attached hydrogens (tertiary/aromatic N) is 2. The molecule has 2 heterocycles. The zero-order valence-corrected chi connectivity index (χ0v) is 42.0. The standard InChI is InChI=1S/C74H48N2O/c1-4-22-50(23-5-1)73(51-24-6-2-7-25-51)62-34-14-11-30-60(62)71-65(73)37-21-40-69(71)75(53-44-42-49(43-45-53)55-31-20-32-59-58-29-12-19-41-70(58)77-72(55)59)54-46-47-57-56-28-10-13-33-61(56)74(66(57)48-54)63-35-15-17-38-67(63)76(52-26-8-3-9-27-52)68-39-18-16-36-64(68)74/h1-48H. The molecule has 3 heteroatoms. The molecular formula is C74H48N2O. The Bertz CT molecular complexity index is 4370. The molecule has 0 radical (unpaired) electrons. The second-order valence-electron chi connectivity index (χ2n) is 20.6. The molecule has 0 fully saturated rings. The smallest absolute Gasteiger partial charge is 0.143 e. The van der Waals surface area contributed by atoms with Gasteiger partial charge >= 0.3 is 0 Å². The second-order valence-corrected chi connectivity index (χ2v) is 20.6. The van der Waals surface area contributed by atoms with E-state index in [9.17, 15) is 0 Å². The maximum atomic E-state index is 6.62. The van der Waals surface area contributed by atoms with Gasteiger partial charge in [0.1, 0.15) is 11.2 Å². The minimum Gasteiger partial charge on any atom is -0.455 e. The van der Waals surface area contributed by atoms with Crippen molar-refractivity contribution in [2.24, 2.45) is 0 Å². The Hall–Kier alpha value is -9.96. The van der Waals surface area contributed by atoms with E-state index in [0.29, 0.717) is 0 Å². The van der Waals surface area contributed by atoms with E-state index in [1.807, 2.05) is 6.07 Å². The normalized spacial score (nSPS) is 13.9. The first-order chi connectivity index (χ1) is 38.2. The Balaban J connectivity index is 0.969. The molecule has 2 aliphatic carbocycles. The number of fused-ring (bicyclic) bond motifs is 15. The Morgan fingerprint density at radius 1 is 0.325 bits per heavy atom. The molecule has 1 spiro atoms. The Morgan fingerprint density at radius 2 is 0.831 bits per heavy atom. The van der Waals surface area contributed by atoms with Crippen LogP contribution in [0.25, 0.3) is 55.3 Å². The minimum atomic E-state index is -0.637. The van der Waals surface area contributed by atoms with E-state index >= 15 is 0 Å². The minimum absolute atomic E-state index is 0.574. The fourth-order valence-electron chi connectivity index (χ4n) is 13.9. The van der Waals surface area contributed by atoms with Crippen LogP contribution in [0, 0.1) is 0 Å². The third-order valence-electron chi connectivity index (χ3n) is 16.9. The predicted octanol–water partition coefficient (Wildman–Crippen LogP) is 19.2. The van der Waals surface area contributed by atoms with Gasteiger partial charge in [-0.2, -0.15) is 0 Å². The molecule has 16 rings (SSSR count). The summed E-state index contributed by atoms with van der Waals surface area (Å²) in [6.07, 6.45) is 0. The molecule has 360 valence electrons. The Kier molecular flexibility index (Phi) is 9.47. The average molecular weight is 981 g/mol. The molecule has 0 saturated heterocycles. The molecule has 12 aromatic carbocycles. The van der Waals surface area contributed by atoms with Crippen LogP contribution < -0.4 is 9.80 Å². The Labute approximate surface area is 447 Å². The molecule has 77 heavy (non-hydrogen) atoms. The third kappa shape index (κ3) is 6.02. The van der Waals surface area contributed by atoms with Gasteiger partial charge < -0.3 is 14.2 Å². The summed E-state index contributed by atoms with van der Waals surface area (Å²) in [5, 5.41) is 2.24. The van der Waals surface area contributed by atoms with Gasteiger partial charge in [0.25, 0.3) is 0 Å². The van der Waals surface area contributed by atoms with Crippen LogP contribution in [0.5, 0.6) is 0 Å². The topological polar surface area (TPSA) is 19.6 Å². The van der Waals surface area contributed by atoms with Gasteiger partial charge in [0, 0.05) is 39.0 Å². The molecule has 0 amide bonds. The van der Waals surface area contributed by atoms with Gasteiger partial charge in [0.05, 0.1) is 27.9 Å². The molecule has 1 aromatic heterocycles. The van der Waals surface area contributed by atoms with Gasteiger partial charge in [-0.25, -0.2) is 0 Å². The van der Waals surface area contributed by atoms with Crippen LogP contribution >= 0.6 is 0 Å². The molecule has 1 aliphatic heterocycles. The molecule has 3 nitrogen and oxygen atoms in total. The van der Waals surface area contributed by atoms with Crippen molar-refractivity contribution in [1.29, 1.82) is 0 Å². The van der Waals surface area contributed by atoms with E-state index in [-0.39, 0.29) is 0 Å². The highest BCUT2D eigenvalue weighted by Gasteiger charge is 2.52.